The number of rotatable bonds is 2. The Bertz CT molecular complexity index is 583. The van der Waals surface area contributed by atoms with Gasteiger partial charge >= 0.3 is 0 Å². The number of benzene rings is 1. The second-order valence-corrected chi connectivity index (χ2v) is 4.97. The van der Waals surface area contributed by atoms with Crippen molar-refractivity contribution in [3.8, 4) is 11.5 Å². The predicted molar refractivity (Wildman–Crippen MR) is 69.2 cm³/mol. The quantitative estimate of drug-likeness (QED) is 0.839. The van der Waals surface area contributed by atoms with Crippen molar-refractivity contribution in [3.63, 3.8) is 0 Å². The summed E-state index contributed by atoms with van der Waals surface area (Å²) in [5, 5.41) is 0.887. The van der Waals surface area contributed by atoms with Gasteiger partial charge in [-0.15, -0.1) is 0 Å². The van der Waals surface area contributed by atoms with Crippen molar-refractivity contribution in [3.05, 3.63) is 24.5 Å². The first-order valence-corrected chi connectivity index (χ1v) is 6.40. The first kappa shape index (κ1) is 11.3. The number of hydrogen-bond donors (Lipinski definition) is 1. The van der Waals surface area contributed by atoms with E-state index in [1.54, 1.807) is 12.3 Å². The van der Waals surface area contributed by atoms with Gasteiger partial charge in [0.15, 0.2) is 16.7 Å². The number of nitrogen functional groups attached to an aromatic ring is 1. The van der Waals surface area contributed by atoms with Crippen LogP contribution in [0.1, 0.15) is 0 Å². The van der Waals surface area contributed by atoms with E-state index in [1.165, 1.54) is 11.8 Å². The summed E-state index contributed by atoms with van der Waals surface area (Å²) in [6.45, 7) is 1.14. The lowest BCUT2D eigenvalue weighted by Gasteiger charge is -2.19. The highest BCUT2D eigenvalue weighted by Gasteiger charge is 2.16. The van der Waals surface area contributed by atoms with Gasteiger partial charge in [-0.1, -0.05) is 0 Å². The van der Waals surface area contributed by atoms with Crippen molar-refractivity contribution in [1.82, 2.24) is 9.55 Å². The first-order chi connectivity index (χ1) is 8.74. The van der Waals surface area contributed by atoms with Gasteiger partial charge in [0.2, 0.25) is 0 Å². The van der Waals surface area contributed by atoms with Crippen molar-refractivity contribution in [2.75, 3.05) is 18.9 Å². The van der Waals surface area contributed by atoms with E-state index in [9.17, 15) is 0 Å². The number of fused-ring (bicyclic) bond motifs is 1. The van der Waals surface area contributed by atoms with Crippen LogP contribution < -0.4 is 15.2 Å². The molecule has 2 heterocycles. The largest absolute Gasteiger partial charge is 0.486 e. The zero-order chi connectivity index (χ0) is 12.5. The van der Waals surface area contributed by atoms with Crippen molar-refractivity contribution < 1.29 is 9.47 Å². The average Bonchev–Trinajstić information content (AvgIpc) is 2.76. The summed E-state index contributed by atoms with van der Waals surface area (Å²) in [4.78, 5) is 5.19. The van der Waals surface area contributed by atoms with Gasteiger partial charge < -0.3 is 19.8 Å². The van der Waals surface area contributed by atoms with Crippen LogP contribution in [0, 0.1) is 0 Å². The number of nitrogens with two attached hydrogens (primary N) is 1. The minimum atomic E-state index is 0.568. The maximum Gasteiger partial charge on any atom is 0.172 e. The maximum atomic E-state index is 6.02. The second kappa shape index (κ2) is 4.45. The Hall–Kier alpha value is -1.82. The summed E-state index contributed by atoms with van der Waals surface area (Å²) < 4.78 is 13.0. The molecule has 0 radical (unpaired) electrons. The van der Waals surface area contributed by atoms with Crippen LogP contribution in [-0.4, -0.2) is 22.8 Å². The van der Waals surface area contributed by atoms with Crippen molar-refractivity contribution in [1.29, 1.82) is 0 Å². The van der Waals surface area contributed by atoms with E-state index in [0.29, 0.717) is 24.7 Å². The molecule has 94 valence electrons. The van der Waals surface area contributed by atoms with Crippen LogP contribution in [0.2, 0.25) is 0 Å². The normalized spacial score (nSPS) is 13.6. The molecule has 1 aromatic carbocycles. The van der Waals surface area contributed by atoms with Gasteiger partial charge in [-0.2, -0.15) is 0 Å². The Morgan fingerprint density at radius 3 is 2.67 bits per heavy atom. The molecule has 0 saturated carbocycles. The molecule has 1 aliphatic rings. The predicted octanol–water partition coefficient (Wildman–Crippen LogP) is 1.92. The van der Waals surface area contributed by atoms with E-state index in [-0.39, 0.29) is 0 Å². The van der Waals surface area contributed by atoms with Crippen molar-refractivity contribution in [2.45, 2.75) is 10.1 Å². The van der Waals surface area contributed by atoms with Crippen LogP contribution in [0.25, 0.3) is 0 Å². The molecule has 0 aliphatic carbocycles. The molecular formula is C12H13N3O2S. The van der Waals surface area contributed by atoms with Crippen molar-refractivity contribution in [2.24, 2.45) is 7.05 Å². The Morgan fingerprint density at radius 2 is 2.00 bits per heavy atom. The molecule has 18 heavy (non-hydrogen) atoms. The maximum absolute atomic E-state index is 6.02. The third-order valence-electron chi connectivity index (χ3n) is 2.65. The van der Waals surface area contributed by atoms with Gasteiger partial charge in [0.25, 0.3) is 0 Å². The molecule has 2 N–H and O–H groups in total. The lowest BCUT2D eigenvalue weighted by molar-refractivity contribution is 0.171. The highest BCUT2D eigenvalue weighted by atomic mass is 32.2. The summed E-state index contributed by atoms with van der Waals surface area (Å²) in [5.41, 5.74) is 6.69. The number of nitrogens with zero attached hydrogens (tertiary/aromatic N) is 2. The van der Waals surface area contributed by atoms with Crippen LogP contribution in [0.3, 0.4) is 0 Å². The Morgan fingerprint density at radius 1 is 1.28 bits per heavy atom. The molecular weight excluding hydrogens is 250 g/mol. The third-order valence-corrected chi connectivity index (χ3v) is 3.80. The summed E-state index contributed by atoms with van der Waals surface area (Å²) in [6, 6.07) is 3.71. The van der Waals surface area contributed by atoms with Gasteiger partial charge in [-0.3, -0.25) is 0 Å². The molecule has 0 fully saturated rings. The molecule has 2 aromatic rings. The number of aromatic nitrogens is 2. The minimum Gasteiger partial charge on any atom is -0.486 e. The number of ether oxygens (including phenoxy) is 2. The molecule has 1 aromatic heterocycles. The zero-order valence-electron chi connectivity index (χ0n) is 9.92. The van der Waals surface area contributed by atoms with Crippen LogP contribution in [-0.2, 0) is 7.05 Å². The Labute approximate surface area is 109 Å². The number of imidazole rings is 1. The van der Waals surface area contributed by atoms with E-state index < -0.39 is 0 Å². The highest BCUT2D eigenvalue weighted by molar-refractivity contribution is 7.99. The van der Waals surface area contributed by atoms with Crippen LogP contribution in [0.5, 0.6) is 11.5 Å². The topological polar surface area (TPSA) is 62.3 Å². The van der Waals surface area contributed by atoms with E-state index in [4.69, 9.17) is 15.2 Å². The molecule has 3 rings (SSSR count). The average molecular weight is 263 g/mol. The molecule has 0 atom stereocenters. The van der Waals surface area contributed by atoms with Gasteiger partial charge in [-0.25, -0.2) is 4.98 Å². The zero-order valence-corrected chi connectivity index (χ0v) is 10.7. The summed E-state index contributed by atoms with van der Waals surface area (Å²) >= 11 is 1.51. The van der Waals surface area contributed by atoms with Crippen LogP contribution in [0.15, 0.2) is 34.6 Å². The van der Waals surface area contributed by atoms with E-state index in [2.05, 4.69) is 4.98 Å². The summed E-state index contributed by atoms with van der Waals surface area (Å²) in [6.07, 6.45) is 3.66. The molecule has 0 saturated heterocycles. The lowest BCUT2D eigenvalue weighted by Crippen LogP contribution is -2.15. The van der Waals surface area contributed by atoms with Gasteiger partial charge in [-0.05, 0) is 11.8 Å². The van der Waals surface area contributed by atoms with Crippen molar-refractivity contribution >= 4 is 17.4 Å². The Kier molecular flexibility index (Phi) is 2.79. The van der Waals surface area contributed by atoms with Gasteiger partial charge in [0, 0.05) is 42.2 Å². The fourth-order valence-corrected chi connectivity index (χ4v) is 2.58. The lowest BCUT2D eigenvalue weighted by atomic mass is 10.2. The van der Waals surface area contributed by atoms with E-state index in [0.717, 1.165) is 15.8 Å². The van der Waals surface area contributed by atoms with E-state index >= 15 is 0 Å². The molecule has 0 bridgehead atoms. The molecule has 6 heteroatoms. The minimum absolute atomic E-state index is 0.568. The number of anilines is 1. The first-order valence-electron chi connectivity index (χ1n) is 5.58. The molecule has 5 nitrogen and oxygen atoms in total. The third kappa shape index (κ3) is 1.99. The molecule has 1 aliphatic heterocycles. The monoisotopic (exact) mass is 263 g/mol. The summed E-state index contributed by atoms with van der Waals surface area (Å²) in [7, 11) is 1.95. The molecule has 0 amide bonds. The fraction of sp³-hybridized carbons (Fsp3) is 0.250. The molecule has 0 unspecified atom stereocenters. The summed E-state index contributed by atoms with van der Waals surface area (Å²) in [5.74, 6) is 1.45. The van der Waals surface area contributed by atoms with Crippen LogP contribution >= 0.6 is 11.8 Å². The highest BCUT2D eigenvalue weighted by Crippen LogP contribution is 2.40. The number of hydrogen-bond acceptors (Lipinski definition) is 5. The van der Waals surface area contributed by atoms with E-state index in [1.807, 2.05) is 23.9 Å². The van der Waals surface area contributed by atoms with Crippen LogP contribution in [0.4, 0.5) is 5.69 Å². The Balaban J connectivity index is 1.95. The standard InChI is InChI=1S/C12H13N3O2S/c1-15-3-2-14-12(15)18-11-7-10-9(6-8(11)13)16-4-5-17-10/h2-3,6-7H,4-5,13H2,1H3. The fourth-order valence-electron chi connectivity index (χ4n) is 1.72. The van der Waals surface area contributed by atoms with Gasteiger partial charge in [0.05, 0.1) is 0 Å². The smallest absolute Gasteiger partial charge is 0.172 e. The second-order valence-electron chi connectivity index (χ2n) is 3.96. The van der Waals surface area contributed by atoms with Gasteiger partial charge in [0.1, 0.15) is 13.2 Å². The number of aryl methyl sites for hydroxylation is 1. The SMILES string of the molecule is Cn1ccnc1Sc1cc2c(cc1N)OCCO2. The molecule has 0 spiro atoms.